The lowest BCUT2D eigenvalue weighted by Crippen LogP contribution is -2.32. The molecule has 0 radical (unpaired) electrons. The van der Waals surface area contributed by atoms with Gasteiger partial charge in [0.2, 0.25) is 0 Å². The van der Waals surface area contributed by atoms with E-state index in [9.17, 15) is 13.2 Å². The summed E-state index contributed by atoms with van der Waals surface area (Å²) in [6.45, 7) is 2.26. The highest BCUT2D eigenvalue weighted by molar-refractivity contribution is 7.89. The van der Waals surface area contributed by atoms with Crippen LogP contribution in [0.1, 0.15) is 16.7 Å². The molecule has 1 heterocycles. The largest absolute Gasteiger partial charge is 0.302 e. The summed E-state index contributed by atoms with van der Waals surface area (Å²) in [5, 5.41) is 4.23. The monoisotopic (exact) mass is 419 g/mol. The van der Waals surface area contributed by atoms with E-state index in [1.807, 2.05) is 55.5 Å². The smallest absolute Gasteiger partial charge is 0.279 e. The molecule has 0 atom stereocenters. The second-order valence-electron chi connectivity index (χ2n) is 7.09. The Bertz CT molecular complexity index is 1220. The Morgan fingerprint density at radius 3 is 2.23 bits per heavy atom. The van der Waals surface area contributed by atoms with Crippen LogP contribution in [-0.2, 0) is 21.4 Å². The summed E-state index contributed by atoms with van der Waals surface area (Å²) >= 11 is 0. The number of nitrogens with zero attached hydrogens (tertiary/aromatic N) is 3. The van der Waals surface area contributed by atoms with Crippen molar-refractivity contribution < 1.29 is 13.2 Å². The van der Waals surface area contributed by atoms with Crippen LogP contribution in [0, 0.1) is 6.92 Å². The Morgan fingerprint density at radius 1 is 0.900 bits per heavy atom. The highest BCUT2D eigenvalue weighted by atomic mass is 32.2. The van der Waals surface area contributed by atoms with E-state index in [4.69, 9.17) is 0 Å². The van der Waals surface area contributed by atoms with E-state index in [-0.39, 0.29) is 16.5 Å². The fourth-order valence-electron chi connectivity index (χ4n) is 3.34. The van der Waals surface area contributed by atoms with Crippen molar-refractivity contribution in [3.05, 3.63) is 95.6 Å². The molecule has 6 nitrogen and oxygen atoms in total. The molecule has 1 aliphatic heterocycles. The van der Waals surface area contributed by atoms with Gasteiger partial charge in [-0.25, -0.2) is 0 Å². The molecular weight excluding hydrogens is 398 g/mol. The highest BCUT2D eigenvalue weighted by Gasteiger charge is 2.35. The van der Waals surface area contributed by atoms with Gasteiger partial charge in [-0.3, -0.25) is 4.79 Å². The van der Waals surface area contributed by atoms with Crippen molar-refractivity contribution in [1.29, 1.82) is 0 Å². The number of sulfonamides is 1. The molecule has 0 saturated heterocycles. The number of hydrazone groups is 1. The van der Waals surface area contributed by atoms with Gasteiger partial charge < -0.3 is 4.90 Å². The molecule has 0 spiro atoms. The lowest BCUT2D eigenvalue weighted by molar-refractivity contribution is -0.112. The molecule has 0 aliphatic carbocycles. The van der Waals surface area contributed by atoms with Gasteiger partial charge in [-0.2, -0.15) is 17.9 Å². The summed E-state index contributed by atoms with van der Waals surface area (Å²) in [7, 11) is -2.53. The van der Waals surface area contributed by atoms with Gasteiger partial charge in [0.05, 0.1) is 17.1 Å². The molecule has 1 aliphatic rings. The van der Waals surface area contributed by atoms with Gasteiger partial charge in [0.1, 0.15) is 0 Å². The summed E-state index contributed by atoms with van der Waals surface area (Å²) in [5.41, 5.74) is 3.37. The standard InChI is InChI=1S/C23H21N3O3S/c1-17-12-14-19(15-13-17)30(28,29)25(2)24-22-20-10-6-7-11-21(20)26(23(22)27)16-18-8-4-3-5-9-18/h3-15H,16H2,1-2H3. The number of para-hydroxylation sites is 1. The summed E-state index contributed by atoms with van der Waals surface area (Å²) in [5.74, 6) is -0.328. The lowest BCUT2D eigenvalue weighted by Gasteiger charge is -2.17. The molecule has 0 N–H and O–H groups in total. The van der Waals surface area contributed by atoms with Gasteiger partial charge in [0.25, 0.3) is 15.9 Å². The van der Waals surface area contributed by atoms with Gasteiger partial charge in [-0.15, -0.1) is 0 Å². The molecule has 0 unspecified atom stereocenters. The van der Waals surface area contributed by atoms with Crippen molar-refractivity contribution in [2.75, 3.05) is 11.9 Å². The number of benzene rings is 3. The van der Waals surface area contributed by atoms with Crippen LogP contribution in [0.15, 0.2) is 88.9 Å². The number of aryl methyl sites for hydroxylation is 1. The molecular formula is C23H21N3O3S. The lowest BCUT2D eigenvalue weighted by atomic mass is 10.1. The van der Waals surface area contributed by atoms with E-state index >= 15 is 0 Å². The maximum Gasteiger partial charge on any atom is 0.279 e. The van der Waals surface area contributed by atoms with Crippen molar-refractivity contribution in [2.45, 2.75) is 18.4 Å². The van der Waals surface area contributed by atoms with Crippen LogP contribution >= 0.6 is 0 Å². The van der Waals surface area contributed by atoms with Crippen LogP contribution in [-0.4, -0.2) is 31.5 Å². The SMILES string of the molecule is Cc1ccc(S(=O)(=O)N(C)N=C2C(=O)N(Cc3ccccc3)c3ccccc32)cc1. The third kappa shape index (κ3) is 3.59. The molecule has 0 fully saturated rings. The quantitative estimate of drug-likeness (QED) is 0.594. The molecule has 4 rings (SSSR count). The maximum absolute atomic E-state index is 13.2. The van der Waals surface area contributed by atoms with Crippen LogP contribution < -0.4 is 4.90 Å². The van der Waals surface area contributed by atoms with Crippen molar-refractivity contribution >= 4 is 27.3 Å². The van der Waals surface area contributed by atoms with Gasteiger partial charge in [0, 0.05) is 12.6 Å². The summed E-state index contributed by atoms with van der Waals surface area (Å²) < 4.78 is 26.7. The van der Waals surface area contributed by atoms with Crippen LogP contribution in [0.25, 0.3) is 0 Å². The zero-order chi connectivity index (χ0) is 21.3. The van der Waals surface area contributed by atoms with E-state index in [0.717, 1.165) is 15.5 Å². The molecule has 0 saturated carbocycles. The summed E-state index contributed by atoms with van der Waals surface area (Å²) in [6, 6.07) is 23.4. The number of anilines is 1. The Morgan fingerprint density at radius 2 is 1.53 bits per heavy atom. The number of fused-ring (bicyclic) bond motifs is 1. The van der Waals surface area contributed by atoms with Crippen molar-refractivity contribution in [3.8, 4) is 0 Å². The van der Waals surface area contributed by atoms with Crippen LogP contribution in [0.3, 0.4) is 0 Å². The zero-order valence-electron chi connectivity index (χ0n) is 16.7. The van der Waals surface area contributed by atoms with Crippen LogP contribution in [0.2, 0.25) is 0 Å². The molecule has 3 aromatic rings. The predicted octanol–water partition coefficient (Wildman–Crippen LogP) is 3.57. The number of carbonyl (C=O) groups is 1. The van der Waals surface area contributed by atoms with Gasteiger partial charge in [-0.1, -0.05) is 66.2 Å². The van der Waals surface area contributed by atoms with Gasteiger partial charge in [0.15, 0.2) is 5.71 Å². The predicted molar refractivity (Wildman–Crippen MR) is 117 cm³/mol. The minimum atomic E-state index is -3.87. The van der Waals surface area contributed by atoms with E-state index in [1.165, 1.54) is 19.2 Å². The van der Waals surface area contributed by atoms with Gasteiger partial charge >= 0.3 is 0 Å². The van der Waals surface area contributed by atoms with Crippen molar-refractivity contribution in [1.82, 2.24) is 4.41 Å². The number of hydrogen-bond acceptors (Lipinski definition) is 4. The van der Waals surface area contributed by atoms with E-state index in [1.54, 1.807) is 23.1 Å². The first-order chi connectivity index (χ1) is 14.4. The summed E-state index contributed by atoms with van der Waals surface area (Å²) in [4.78, 5) is 14.9. The van der Waals surface area contributed by atoms with E-state index in [0.29, 0.717) is 17.8 Å². The van der Waals surface area contributed by atoms with E-state index < -0.39 is 10.0 Å². The fourth-order valence-corrected chi connectivity index (χ4v) is 4.31. The Balaban J connectivity index is 1.70. The number of hydrogen-bond donors (Lipinski definition) is 0. The van der Waals surface area contributed by atoms with Crippen LogP contribution in [0.4, 0.5) is 5.69 Å². The minimum absolute atomic E-state index is 0.111. The Kier molecular flexibility index (Phi) is 5.13. The van der Waals surface area contributed by atoms with Gasteiger partial charge in [-0.05, 0) is 30.7 Å². The molecule has 7 heteroatoms. The third-order valence-corrected chi connectivity index (χ3v) is 6.63. The third-order valence-electron chi connectivity index (χ3n) is 4.99. The number of amides is 1. The zero-order valence-corrected chi connectivity index (χ0v) is 17.5. The average Bonchev–Trinajstić information content (AvgIpc) is 3.01. The Hall–Kier alpha value is -3.45. The van der Waals surface area contributed by atoms with Crippen molar-refractivity contribution in [2.24, 2.45) is 5.10 Å². The molecule has 0 bridgehead atoms. The first-order valence-electron chi connectivity index (χ1n) is 9.47. The maximum atomic E-state index is 13.2. The van der Waals surface area contributed by atoms with E-state index in [2.05, 4.69) is 5.10 Å². The molecule has 152 valence electrons. The second-order valence-corrected chi connectivity index (χ2v) is 9.04. The first kappa shape index (κ1) is 19.8. The fraction of sp³-hybridized carbons (Fsp3) is 0.130. The number of carbonyl (C=O) groups excluding carboxylic acids is 1. The molecule has 30 heavy (non-hydrogen) atoms. The molecule has 3 aromatic carbocycles. The molecule has 1 amide bonds. The second kappa shape index (κ2) is 7.76. The van der Waals surface area contributed by atoms with Crippen LogP contribution in [0.5, 0.6) is 0 Å². The minimum Gasteiger partial charge on any atom is -0.302 e. The number of rotatable bonds is 5. The summed E-state index contributed by atoms with van der Waals surface area (Å²) in [6.07, 6.45) is 0. The highest BCUT2D eigenvalue weighted by Crippen LogP contribution is 2.31. The topological polar surface area (TPSA) is 70.0 Å². The first-order valence-corrected chi connectivity index (χ1v) is 10.9. The normalized spacial score (nSPS) is 14.8. The molecule has 0 aromatic heterocycles. The Labute approximate surface area is 176 Å². The van der Waals surface area contributed by atoms with Crippen molar-refractivity contribution in [3.63, 3.8) is 0 Å². The average molecular weight is 420 g/mol.